The fourth-order valence-corrected chi connectivity index (χ4v) is 1.05. The van der Waals surface area contributed by atoms with E-state index in [1.54, 1.807) is 6.92 Å². The summed E-state index contributed by atoms with van der Waals surface area (Å²) < 4.78 is 0. The van der Waals surface area contributed by atoms with Crippen molar-refractivity contribution in [1.29, 1.82) is 0 Å². The molecule has 1 heterocycles. The molecule has 0 radical (unpaired) electrons. The van der Waals surface area contributed by atoms with Gasteiger partial charge in [0.15, 0.2) is 0 Å². The summed E-state index contributed by atoms with van der Waals surface area (Å²) in [6, 6.07) is 0. The number of carbonyl (C=O) groups is 1. The molecule has 0 aliphatic rings. The third kappa shape index (κ3) is 3.16. The molecule has 1 rings (SSSR count). The highest BCUT2D eigenvalue weighted by Crippen LogP contribution is 2.19. The van der Waals surface area contributed by atoms with E-state index in [2.05, 4.69) is 15.3 Å². The van der Waals surface area contributed by atoms with Gasteiger partial charge < -0.3 is 5.32 Å². The van der Waals surface area contributed by atoms with Crippen molar-refractivity contribution in [3.63, 3.8) is 0 Å². The maximum atomic E-state index is 11.7. The van der Waals surface area contributed by atoms with E-state index in [-0.39, 0.29) is 11.2 Å². The van der Waals surface area contributed by atoms with Crippen molar-refractivity contribution in [3.8, 4) is 0 Å². The normalized spacial score (nSPS) is 11.3. The van der Waals surface area contributed by atoms with Crippen molar-refractivity contribution in [2.24, 2.45) is 5.41 Å². The highest BCUT2D eigenvalue weighted by atomic mass is 35.5. The average molecular weight is 228 g/mol. The maximum Gasteiger partial charge on any atom is 0.229 e. The van der Waals surface area contributed by atoms with Crippen molar-refractivity contribution in [1.82, 2.24) is 9.97 Å². The Bertz CT molecular complexity index is 385. The van der Waals surface area contributed by atoms with Crippen LogP contribution in [0.2, 0.25) is 5.28 Å². The average Bonchev–Trinajstić information content (AvgIpc) is 2.08. The van der Waals surface area contributed by atoms with Crippen LogP contribution in [0.4, 0.5) is 5.69 Å². The largest absolute Gasteiger partial charge is 0.323 e. The summed E-state index contributed by atoms with van der Waals surface area (Å²) >= 11 is 5.61. The van der Waals surface area contributed by atoms with Gasteiger partial charge in [0.25, 0.3) is 0 Å². The van der Waals surface area contributed by atoms with Crippen LogP contribution in [-0.4, -0.2) is 15.9 Å². The number of hydrogen-bond acceptors (Lipinski definition) is 3. The lowest BCUT2D eigenvalue weighted by atomic mass is 9.95. The van der Waals surface area contributed by atoms with Crippen molar-refractivity contribution < 1.29 is 4.79 Å². The lowest BCUT2D eigenvalue weighted by Crippen LogP contribution is -2.28. The first-order valence-corrected chi connectivity index (χ1v) is 4.99. The van der Waals surface area contributed by atoms with Gasteiger partial charge in [-0.2, -0.15) is 0 Å². The molecule has 0 fully saturated rings. The van der Waals surface area contributed by atoms with Crippen LogP contribution >= 0.6 is 11.6 Å². The molecule has 0 aliphatic carbocycles. The lowest BCUT2D eigenvalue weighted by Gasteiger charge is -2.18. The van der Waals surface area contributed by atoms with Crippen molar-refractivity contribution >= 4 is 23.2 Å². The van der Waals surface area contributed by atoms with Gasteiger partial charge >= 0.3 is 0 Å². The molecule has 0 aromatic carbocycles. The summed E-state index contributed by atoms with van der Waals surface area (Å²) in [5.74, 6) is -0.0727. The van der Waals surface area contributed by atoms with E-state index >= 15 is 0 Å². The van der Waals surface area contributed by atoms with Crippen LogP contribution in [0.3, 0.4) is 0 Å². The molecule has 1 aromatic rings. The summed E-state index contributed by atoms with van der Waals surface area (Å²) in [4.78, 5) is 19.4. The summed E-state index contributed by atoms with van der Waals surface area (Å²) in [5, 5.41) is 2.94. The van der Waals surface area contributed by atoms with Gasteiger partial charge in [0, 0.05) is 5.41 Å². The number of rotatable bonds is 1. The quantitative estimate of drug-likeness (QED) is 0.750. The molecule has 0 bridgehead atoms. The zero-order valence-electron chi connectivity index (χ0n) is 9.26. The van der Waals surface area contributed by atoms with Crippen molar-refractivity contribution in [3.05, 3.63) is 17.2 Å². The molecule has 0 unspecified atom stereocenters. The second kappa shape index (κ2) is 4.14. The lowest BCUT2D eigenvalue weighted by molar-refractivity contribution is -0.123. The van der Waals surface area contributed by atoms with Crippen molar-refractivity contribution in [2.45, 2.75) is 27.7 Å². The van der Waals surface area contributed by atoms with E-state index in [4.69, 9.17) is 11.6 Å². The molecular formula is C10H14ClN3O. The van der Waals surface area contributed by atoms with Crippen LogP contribution in [0.25, 0.3) is 0 Å². The van der Waals surface area contributed by atoms with Gasteiger partial charge in [-0.3, -0.25) is 4.79 Å². The van der Waals surface area contributed by atoms with Gasteiger partial charge in [-0.25, -0.2) is 9.97 Å². The third-order valence-electron chi connectivity index (χ3n) is 1.88. The van der Waals surface area contributed by atoms with Gasteiger partial charge in [-0.15, -0.1) is 0 Å². The second-order valence-corrected chi connectivity index (χ2v) is 4.68. The smallest absolute Gasteiger partial charge is 0.229 e. The maximum absolute atomic E-state index is 11.7. The monoisotopic (exact) mass is 227 g/mol. The standard InChI is InChI=1S/C10H14ClN3O/c1-6-7(5-12-9(11)13-6)14-8(15)10(2,3)4/h5H,1-4H3,(H,14,15). The first-order chi connectivity index (χ1) is 6.80. The van der Waals surface area contributed by atoms with Crippen LogP contribution in [0, 0.1) is 12.3 Å². The molecule has 82 valence electrons. The Labute approximate surface area is 94.1 Å². The molecule has 4 nitrogen and oxygen atoms in total. The number of hydrogen-bond donors (Lipinski definition) is 1. The summed E-state index contributed by atoms with van der Waals surface area (Å²) in [6.07, 6.45) is 1.51. The van der Waals surface area contributed by atoms with Gasteiger partial charge in [-0.1, -0.05) is 20.8 Å². The topological polar surface area (TPSA) is 54.9 Å². The Morgan fingerprint density at radius 2 is 2.07 bits per heavy atom. The minimum Gasteiger partial charge on any atom is -0.323 e. The Morgan fingerprint density at radius 1 is 1.47 bits per heavy atom. The molecule has 1 aromatic heterocycles. The zero-order valence-corrected chi connectivity index (χ0v) is 10.0. The fourth-order valence-electron chi connectivity index (χ4n) is 0.871. The summed E-state index contributed by atoms with van der Waals surface area (Å²) in [7, 11) is 0. The zero-order chi connectivity index (χ0) is 11.6. The number of halogens is 1. The number of nitrogens with zero attached hydrogens (tertiary/aromatic N) is 2. The van der Waals surface area contributed by atoms with E-state index < -0.39 is 5.41 Å². The first-order valence-electron chi connectivity index (χ1n) is 4.61. The van der Waals surface area contributed by atoms with Gasteiger partial charge in [0.1, 0.15) is 0 Å². The molecule has 5 heteroatoms. The molecule has 0 saturated carbocycles. The van der Waals surface area contributed by atoms with E-state index in [0.29, 0.717) is 11.4 Å². The number of amides is 1. The van der Waals surface area contributed by atoms with E-state index in [1.165, 1.54) is 6.20 Å². The molecule has 1 amide bonds. The highest BCUT2D eigenvalue weighted by molar-refractivity contribution is 6.28. The van der Waals surface area contributed by atoms with Crippen LogP contribution < -0.4 is 5.32 Å². The number of aryl methyl sites for hydroxylation is 1. The molecule has 0 atom stereocenters. The Hall–Kier alpha value is -1.16. The predicted molar refractivity (Wildman–Crippen MR) is 59.9 cm³/mol. The highest BCUT2D eigenvalue weighted by Gasteiger charge is 2.21. The van der Waals surface area contributed by atoms with E-state index in [1.807, 2.05) is 20.8 Å². The molecule has 0 aliphatic heterocycles. The van der Waals surface area contributed by atoms with Gasteiger partial charge in [0.05, 0.1) is 17.6 Å². The Morgan fingerprint density at radius 3 is 2.53 bits per heavy atom. The van der Waals surface area contributed by atoms with Gasteiger partial charge in [-0.05, 0) is 18.5 Å². The van der Waals surface area contributed by atoms with E-state index in [9.17, 15) is 4.79 Å². The molecule has 0 saturated heterocycles. The molecular weight excluding hydrogens is 214 g/mol. The van der Waals surface area contributed by atoms with Gasteiger partial charge in [0.2, 0.25) is 11.2 Å². The second-order valence-electron chi connectivity index (χ2n) is 4.34. The SMILES string of the molecule is Cc1nc(Cl)ncc1NC(=O)C(C)(C)C. The Balaban J connectivity index is 2.87. The Kier molecular flexibility index (Phi) is 3.29. The molecule has 15 heavy (non-hydrogen) atoms. The van der Waals surface area contributed by atoms with Crippen LogP contribution in [0.5, 0.6) is 0 Å². The summed E-state index contributed by atoms with van der Waals surface area (Å²) in [5.41, 5.74) is 0.818. The van der Waals surface area contributed by atoms with Crippen molar-refractivity contribution in [2.75, 3.05) is 5.32 Å². The minimum atomic E-state index is -0.438. The number of aromatic nitrogens is 2. The molecule has 0 spiro atoms. The van der Waals surface area contributed by atoms with E-state index in [0.717, 1.165) is 0 Å². The van der Waals surface area contributed by atoms with Crippen LogP contribution in [0.1, 0.15) is 26.5 Å². The third-order valence-corrected chi connectivity index (χ3v) is 2.06. The first kappa shape index (κ1) is 11.9. The number of carbonyl (C=O) groups excluding carboxylic acids is 1. The van der Waals surface area contributed by atoms with Crippen LogP contribution in [-0.2, 0) is 4.79 Å². The summed E-state index contributed by atoms with van der Waals surface area (Å²) in [6.45, 7) is 7.29. The number of anilines is 1. The molecule has 1 N–H and O–H groups in total. The number of nitrogens with one attached hydrogen (secondary N) is 1. The fraction of sp³-hybridized carbons (Fsp3) is 0.500. The minimum absolute atomic E-state index is 0.0727. The van der Waals surface area contributed by atoms with Crippen LogP contribution in [0.15, 0.2) is 6.20 Å². The predicted octanol–water partition coefficient (Wildman–Crippen LogP) is 2.42.